The molecule has 0 saturated carbocycles. The Bertz CT molecular complexity index is 141. The summed E-state index contributed by atoms with van der Waals surface area (Å²) in [6.45, 7) is 9.13. The zero-order valence-corrected chi connectivity index (χ0v) is 9.39. The summed E-state index contributed by atoms with van der Waals surface area (Å²) in [5, 5.41) is 2.92. The first-order valence-corrected chi connectivity index (χ1v) is 5.31. The molecule has 0 bridgehead atoms. The van der Waals surface area contributed by atoms with Crippen LogP contribution in [0.3, 0.4) is 0 Å². The Morgan fingerprint density at radius 3 is 2.23 bits per heavy atom. The summed E-state index contributed by atoms with van der Waals surface area (Å²) in [6.07, 6.45) is 3.59. The van der Waals surface area contributed by atoms with Gasteiger partial charge in [-0.05, 0) is 12.3 Å². The summed E-state index contributed by atoms with van der Waals surface area (Å²) in [5.41, 5.74) is 0. The number of nitrogens with one attached hydrogen (secondary N) is 1. The molecule has 0 aliphatic heterocycles. The fourth-order valence-electron chi connectivity index (χ4n) is 1.09. The predicted octanol–water partition coefficient (Wildman–Crippen LogP) is 2.58. The van der Waals surface area contributed by atoms with E-state index in [0.717, 1.165) is 18.9 Å². The lowest BCUT2D eigenvalue weighted by atomic mass is 10.1. The largest absolute Gasteiger partial charge is 0.356 e. The van der Waals surface area contributed by atoms with E-state index in [1.54, 1.807) is 0 Å². The van der Waals surface area contributed by atoms with Crippen molar-refractivity contribution in [3.63, 3.8) is 0 Å². The second-order valence-corrected chi connectivity index (χ2v) is 4.34. The van der Waals surface area contributed by atoms with Gasteiger partial charge in [-0.15, -0.1) is 0 Å². The van der Waals surface area contributed by atoms with Crippen molar-refractivity contribution in [1.29, 1.82) is 0 Å². The van der Waals surface area contributed by atoms with Gasteiger partial charge >= 0.3 is 0 Å². The minimum atomic E-state index is 0.116. The number of carbonyl (C=O) groups excluding carboxylic acids is 1. The van der Waals surface area contributed by atoms with Crippen LogP contribution in [0.15, 0.2) is 0 Å². The number of hydrogen-bond acceptors (Lipinski definition) is 1. The Labute approximate surface area is 82.1 Å². The molecule has 1 amide bonds. The summed E-state index contributed by atoms with van der Waals surface area (Å²) in [4.78, 5) is 11.1. The molecule has 0 atom stereocenters. The van der Waals surface area contributed by atoms with Gasteiger partial charge < -0.3 is 5.32 Å². The molecular weight excluding hydrogens is 162 g/mol. The molecule has 0 radical (unpaired) electrons. The van der Waals surface area contributed by atoms with E-state index in [1.165, 1.54) is 12.8 Å². The Morgan fingerprint density at radius 2 is 1.77 bits per heavy atom. The molecule has 0 aromatic rings. The van der Waals surface area contributed by atoms with E-state index in [2.05, 4.69) is 19.2 Å². The van der Waals surface area contributed by atoms with Crippen LogP contribution in [0, 0.1) is 11.8 Å². The second kappa shape index (κ2) is 6.93. The van der Waals surface area contributed by atoms with Gasteiger partial charge in [0.2, 0.25) is 5.91 Å². The molecule has 0 aliphatic rings. The predicted molar refractivity (Wildman–Crippen MR) is 56.5 cm³/mol. The third-order valence-corrected chi connectivity index (χ3v) is 2.03. The summed E-state index contributed by atoms with van der Waals surface area (Å²) in [5.74, 6) is 1.07. The van der Waals surface area contributed by atoms with E-state index in [-0.39, 0.29) is 11.8 Å². The van der Waals surface area contributed by atoms with Crippen LogP contribution in [0.2, 0.25) is 0 Å². The van der Waals surface area contributed by atoms with Crippen LogP contribution in [0.1, 0.15) is 47.0 Å². The highest BCUT2D eigenvalue weighted by atomic mass is 16.1. The average Bonchev–Trinajstić information content (AvgIpc) is 2.02. The quantitative estimate of drug-likeness (QED) is 0.633. The molecule has 0 saturated heterocycles. The minimum absolute atomic E-state index is 0.116. The van der Waals surface area contributed by atoms with E-state index in [9.17, 15) is 4.79 Å². The van der Waals surface area contributed by atoms with Gasteiger partial charge in [-0.25, -0.2) is 0 Å². The third kappa shape index (κ3) is 7.82. The van der Waals surface area contributed by atoms with Crippen LogP contribution in [-0.2, 0) is 4.79 Å². The van der Waals surface area contributed by atoms with Crippen molar-refractivity contribution in [2.45, 2.75) is 47.0 Å². The molecule has 2 heteroatoms. The molecule has 0 spiro atoms. The van der Waals surface area contributed by atoms with Gasteiger partial charge in [0.15, 0.2) is 0 Å². The smallest absolute Gasteiger partial charge is 0.222 e. The maximum absolute atomic E-state index is 11.1. The number of carbonyl (C=O) groups is 1. The molecule has 78 valence electrons. The number of amides is 1. The van der Waals surface area contributed by atoms with E-state index < -0.39 is 0 Å². The van der Waals surface area contributed by atoms with Gasteiger partial charge in [-0.2, -0.15) is 0 Å². The summed E-state index contributed by atoms with van der Waals surface area (Å²) in [7, 11) is 0. The van der Waals surface area contributed by atoms with Crippen LogP contribution in [-0.4, -0.2) is 12.5 Å². The van der Waals surface area contributed by atoms with Gasteiger partial charge in [0.05, 0.1) is 0 Å². The molecule has 0 fully saturated rings. The average molecular weight is 185 g/mol. The van der Waals surface area contributed by atoms with Crippen molar-refractivity contribution >= 4 is 5.91 Å². The second-order valence-electron chi connectivity index (χ2n) is 4.34. The van der Waals surface area contributed by atoms with Crippen molar-refractivity contribution in [1.82, 2.24) is 5.32 Å². The van der Waals surface area contributed by atoms with Crippen LogP contribution >= 0.6 is 0 Å². The number of unbranched alkanes of at least 4 members (excludes halogenated alkanes) is 1. The lowest BCUT2D eigenvalue weighted by Crippen LogP contribution is -2.28. The highest BCUT2D eigenvalue weighted by molar-refractivity contribution is 5.77. The molecule has 0 unspecified atom stereocenters. The first-order valence-electron chi connectivity index (χ1n) is 5.31. The lowest BCUT2D eigenvalue weighted by molar-refractivity contribution is -0.123. The van der Waals surface area contributed by atoms with E-state index >= 15 is 0 Å². The zero-order valence-electron chi connectivity index (χ0n) is 9.39. The fourth-order valence-corrected chi connectivity index (χ4v) is 1.09. The molecule has 0 aliphatic carbocycles. The van der Waals surface area contributed by atoms with Crippen molar-refractivity contribution in [3.8, 4) is 0 Å². The minimum Gasteiger partial charge on any atom is -0.356 e. The van der Waals surface area contributed by atoms with Gasteiger partial charge in [0.1, 0.15) is 0 Å². The Morgan fingerprint density at radius 1 is 1.15 bits per heavy atom. The zero-order chi connectivity index (χ0) is 10.3. The Kier molecular flexibility index (Phi) is 6.65. The van der Waals surface area contributed by atoms with Gasteiger partial charge in [-0.1, -0.05) is 40.5 Å². The van der Waals surface area contributed by atoms with Gasteiger partial charge in [-0.3, -0.25) is 4.79 Å². The summed E-state index contributed by atoms with van der Waals surface area (Å²) < 4.78 is 0. The maximum atomic E-state index is 11.1. The molecule has 0 heterocycles. The molecule has 2 nitrogen and oxygen atoms in total. The van der Waals surface area contributed by atoms with Crippen molar-refractivity contribution in [3.05, 3.63) is 0 Å². The van der Waals surface area contributed by atoms with Crippen molar-refractivity contribution in [2.75, 3.05) is 6.54 Å². The molecule has 13 heavy (non-hydrogen) atoms. The number of hydrogen-bond donors (Lipinski definition) is 1. The van der Waals surface area contributed by atoms with Crippen molar-refractivity contribution < 1.29 is 4.79 Å². The molecular formula is C11H23NO. The summed E-state index contributed by atoms with van der Waals surface area (Å²) in [6, 6.07) is 0. The van der Waals surface area contributed by atoms with Crippen LogP contribution in [0.5, 0.6) is 0 Å². The van der Waals surface area contributed by atoms with Crippen LogP contribution in [0.25, 0.3) is 0 Å². The molecule has 0 aromatic heterocycles. The SMILES string of the molecule is CC(C)CCCCNC(=O)C(C)C. The molecule has 0 rings (SSSR count). The van der Waals surface area contributed by atoms with E-state index in [4.69, 9.17) is 0 Å². The van der Waals surface area contributed by atoms with Gasteiger partial charge in [0.25, 0.3) is 0 Å². The topological polar surface area (TPSA) is 29.1 Å². The standard InChI is InChI=1S/C11H23NO/c1-9(2)7-5-6-8-12-11(13)10(3)4/h9-10H,5-8H2,1-4H3,(H,12,13). The van der Waals surface area contributed by atoms with Gasteiger partial charge in [0, 0.05) is 12.5 Å². The first-order chi connectivity index (χ1) is 6.04. The van der Waals surface area contributed by atoms with E-state index in [0.29, 0.717) is 0 Å². The number of rotatable bonds is 6. The van der Waals surface area contributed by atoms with Crippen LogP contribution < -0.4 is 5.32 Å². The Balaban J connectivity index is 3.21. The highest BCUT2D eigenvalue weighted by Crippen LogP contribution is 2.05. The van der Waals surface area contributed by atoms with E-state index in [1.807, 2.05) is 13.8 Å². The first kappa shape index (κ1) is 12.5. The Hall–Kier alpha value is -0.530. The fraction of sp³-hybridized carbons (Fsp3) is 0.909. The monoisotopic (exact) mass is 185 g/mol. The third-order valence-electron chi connectivity index (χ3n) is 2.03. The summed E-state index contributed by atoms with van der Waals surface area (Å²) >= 11 is 0. The normalized spacial score (nSPS) is 10.9. The van der Waals surface area contributed by atoms with Crippen molar-refractivity contribution in [2.24, 2.45) is 11.8 Å². The highest BCUT2D eigenvalue weighted by Gasteiger charge is 2.04. The van der Waals surface area contributed by atoms with Crippen LogP contribution in [0.4, 0.5) is 0 Å². The molecule has 1 N–H and O–H groups in total. The maximum Gasteiger partial charge on any atom is 0.222 e. The molecule has 0 aromatic carbocycles. The lowest BCUT2D eigenvalue weighted by Gasteiger charge is -2.08.